The first-order valence-electron chi connectivity index (χ1n) is 17.6. The Morgan fingerprint density at radius 3 is 2.28 bits per heavy atom. The van der Waals surface area contributed by atoms with E-state index in [1.54, 1.807) is 0 Å². The van der Waals surface area contributed by atoms with Crippen LogP contribution in [0.15, 0.2) is 12.5 Å². The van der Waals surface area contributed by atoms with Gasteiger partial charge in [-0.25, -0.2) is 15.0 Å². The van der Waals surface area contributed by atoms with Crippen LogP contribution in [0.2, 0.25) is 0 Å². The number of hydroxylamine groups is 1. The largest absolute Gasteiger partial charge is 0.469 e. The fourth-order valence-corrected chi connectivity index (χ4v) is 6.70. The van der Waals surface area contributed by atoms with E-state index < -0.39 is 98.5 Å². The second-order valence-corrected chi connectivity index (χ2v) is 14.9. The number of aliphatic hydroxyl groups excluding tert-OH is 1. The molecular formula is C33H55N6O14P. The zero-order valence-electron chi connectivity index (χ0n) is 31.3. The van der Waals surface area contributed by atoms with Crippen LogP contribution in [0.25, 0.3) is 0 Å². The summed E-state index contributed by atoms with van der Waals surface area (Å²) in [5, 5.41) is 24.8. The molecule has 54 heavy (non-hydrogen) atoms. The number of carbonyl (C=O) groups is 6. The minimum absolute atomic E-state index is 0.0304. The number of ether oxygens (including phenoxy) is 2. The van der Waals surface area contributed by atoms with E-state index in [9.17, 15) is 43.6 Å². The molecule has 0 bridgehead atoms. The predicted molar refractivity (Wildman–Crippen MR) is 188 cm³/mol. The Balaban J connectivity index is 2.24. The van der Waals surface area contributed by atoms with E-state index in [0.717, 1.165) is 6.92 Å². The van der Waals surface area contributed by atoms with Crippen LogP contribution in [-0.2, 0) is 53.8 Å². The van der Waals surface area contributed by atoms with Crippen LogP contribution in [-0.4, -0.2) is 140 Å². The number of Topliss-reactive ketones (excluding diaryl/α,β-unsaturated/α-hetero) is 3. The van der Waals surface area contributed by atoms with Crippen molar-refractivity contribution in [2.45, 2.75) is 96.5 Å². The van der Waals surface area contributed by atoms with E-state index in [2.05, 4.69) is 30.6 Å². The van der Waals surface area contributed by atoms with Crippen LogP contribution in [0.3, 0.4) is 0 Å². The number of hydrogen-bond acceptors (Lipinski definition) is 14. The summed E-state index contributed by atoms with van der Waals surface area (Å²) in [6, 6.07) is -4.25. The number of aromatic nitrogens is 2. The van der Waals surface area contributed by atoms with E-state index in [-0.39, 0.29) is 57.3 Å². The van der Waals surface area contributed by atoms with E-state index >= 15 is 0 Å². The van der Waals surface area contributed by atoms with Gasteiger partial charge >= 0.3 is 7.82 Å². The average molecular weight is 791 g/mol. The number of carbonyl (C=O) groups excluding carboxylic acids is 6. The molecule has 1 unspecified atom stereocenters. The minimum Gasteiger partial charge on any atom is -0.394 e. The van der Waals surface area contributed by atoms with Crippen LogP contribution in [0.4, 0.5) is 0 Å². The number of nitrogens with one attached hydrogen (secondary N) is 4. The molecule has 0 aliphatic carbocycles. The topological polar surface area (TPSA) is 296 Å². The van der Waals surface area contributed by atoms with Gasteiger partial charge in [-0.05, 0) is 32.6 Å². The highest BCUT2D eigenvalue weighted by Crippen LogP contribution is 2.39. The zero-order chi connectivity index (χ0) is 40.6. The molecule has 1 fully saturated rings. The van der Waals surface area contributed by atoms with Crippen LogP contribution in [0, 0.1) is 17.8 Å². The Bertz CT molecular complexity index is 1440. The molecule has 21 heteroatoms. The molecule has 1 aliphatic heterocycles. The van der Waals surface area contributed by atoms with Gasteiger partial charge in [-0.2, -0.15) is 0 Å². The number of nitrogens with zero attached hydrogens (tertiary/aromatic N) is 2. The fourth-order valence-electron chi connectivity index (χ4n) is 6.12. The summed E-state index contributed by atoms with van der Waals surface area (Å²) in [5.74, 6) is -6.33. The number of ketones is 3. The smallest absolute Gasteiger partial charge is 0.394 e. The Labute approximate surface area is 313 Å². The number of H-pyrrole nitrogens is 1. The summed E-state index contributed by atoms with van der Waals surface area (Å²) in [7, 11) is -3.49. The lowest BCUT2D eigenvalue weighted by Gasteiger charge is -2.28. The maximum Gasteiger partial charge on any atom is 0.469 e. The molecule has 20 nitrogen and oxygen atoms in total. The van der Waals surface area contributed by atoms with Crippen molar-refractivity contribution in [3.63, 3.8) is 0 Å². The summed E-state index contributed by atoms with van der Waals surface area (Å²) < 4.78 is 26.2. The van der Waals surface area contributed by atoms with E-state index in [1.165, 1.54) is 31.5 Å². The van der Waals surface area contributed by atoms with Crippen molar-refractivity contribution >= 4 is 42.9 Å². The van der Waals surface area contributed by atoms with E-state index in [1.807, 2.05) is 13.8 Å². The van der Waals surface area contributed by atoms with Gasteiger partial charge in [0.1, 0.15) is 17.9 Å². The number of amides is 3. The van der Waals surface area contributed by atoms with E-state index in [4.69, 9.17) is 19.3 Å². The fraction of sp³-hybridized carbons (Fsp3) is 0.727. The van der Waals surface area contributed by atoms with Gasteiger partial charge in [-0.1, -0.05) is 13.8 Å². The van der Waals surface area contributed by atoms with Gasteiger partial charge in [0.05, 0.1) is 69.2 Å². The second kappa shape index (κ2) is 22.8. The monoisotopic (exact) mass is 790 g/mol. The maximum atomic E-state index is 13.9. The van der Waals surface area contributed by atoms with Crippen LogP contribution in [0.5, 0.6) is 0 Å². The molecule has 2 rings (SSSR count). The molecule has 7 atom stereocenters. The molecule has 306 valence electrons. The highest BCUT2D eigenvalue weighted by atomic mass is 31.2. The number of aromatic amines is 1. The first-order chi connectivity index (χ1) is 25.4. The van der Waals surface area contributed by atoms with Gasteiger partial charge in [0, 0.05) is 44.8 Å². The lowest BCUT2D eigenvalue weighted by molar-refractivity contribution is -0.140. The van der Waals surface area contributed by atoms with Crippen molar-refractivity contribution in [2.24, 2.45) is 17.8 Å². The third-order valence-corrected chi connectivity index (χ3v) is 9.56. The lowest BCUT2D eigenvalue weighted by atomic mass is 9.89. The van der Waals surface area contributed by atoms with Crippen molar-refractivity contribution in [3.8, 4) is 0 Å². The first-order valence-corrected chi connectivity index (χ1v) is 19.2. The minimum atomic E-state index is -5.01. The van der Waals surface area contributed by atoms with Gasteiger partial charge < -0.3 is 50.1 Å². The molecule has 1 saturated heterocycles. The molecule has 0 spiro atoms. The van der Waals surface area contributed by atoms with Crippen LogP contribution >= 0.6 is 7.82 Å². The third kappa shape index (κ3) is 15.7. The van der Waals surface area contributed by atoms with Crippen molar-refractivity contribution in [3.05, 3.63) is 18.2 Å². The Morgan fingerprint density at radius 1 is 1.04 bits per heavy atom. The molecule has 0 aromatic carbocycles. The molecule has 0 radical (unpaired) electrons. The molecule has 1 aliphatic rings. The maximum absolute atomic E-state index is 13.9. The number of methoxy groups -OCH3 is 1. The Kier molecular flexibility index (Phi) is 19.7. The highest BCUT2D eigenvalue weighted by Gasteiger charge is 2.41. The molecule has 2 heterocycles. The molecule has 0 saturated carbocycles. The number of aliphatic hydroxyl groups is 1. The highest BCUT2D eigenvalue weighted by molar-refractivity contribution is 7.46. The molecule has 1 aromatic rings. The van der Waals surface area contributed by atoms with Crippen molar-refractivity contribution in [1.82, 2.24) is 31.0 Å². The van der Waals surface area contributed by atoms with Crippen molar-refractivity contribution in [2.75, 3.05) is 40.1 Å². The van der Waals surface area contributed by atoms with E-state index in [0.29, 0.717) is 12.3 Å². The normalized spacial score (nSPS) is 18.8. The zero-order valence-corrected chi connectivity index (χ0v) is 32.2. The Morgan fingerprint density at radius 2 is 1.72 bits per heavy atom. The lowest BCUT2D eigenvalue weighted by Crippen LogP contribution is -2.52. The van der Waals surface area contributed by atoms with Gasteiger partial charge in [0.2, 0.25) is 17.7 Å². The molecule has 3 amide bonds. The van der Waals surface area contributed by atoms with Gasteiger partial charge in [-0.15, -0.1) is 0 Å². The average Bonchev–Trinajstić information content (AvgIpc) is 3.78. The Hall–Kier alpha value is -3.46. The summed E-state index contributed by atoms with van der Waals surface area (Å²) in [6.45, 7) is 5.83. The summed E-state index contributed by atoms with van der Waals surface area (Å²) in [5.41, 5.74) is 2.57. The number of phosphoric acid groups is 1. The third-order valence-electron chi connectivity index (χ3n) is 8.95. The summed E-state index contributed by atoms with van der Waals surface area (Å²) in [6.07, 6.45) is 0.538. The number of hydrogen-bond donors (Lipinski definition) is 8. The first kappa shape index (κ1) is 46.7. The van der Waals surface area contributed by atoms with Crippen molar-refractivity contribution < 1.29 is 67.4 Å². The number of phosphoric ester groups is 1. The second-order valence-electron chi connectivity index (χ2n) is 13.8. The molecular weight excluding hydrogens is 735 g/mol. The van der Waals surface area contributed by atoms with Gasteiger partial charge in [0.25, 0.3) is 0 Å². The quantitative estimate of drug-likeness (QED) is 0.0324. The molecule has 8 N–H and O–H groups in total. The summed E-state index contributed by atoms with van der Waals surface area (Å²) in [4.78, 5) is 106. The summed E-state index contributed by atoms with van der Waals surface area (Å²) >= 11 is 0. The number of likely N-dealkylation sites (tertiary alicyclic amines) is 1. The van der Waals surface area contributed by atoms with Gasteiger partial charge in [-0.3, -0.25) is 33.3 Å². The number of imidazole rings is 1. The SMILES string of the molecule is COCCOCCC(=O)N1C[C@H](NO)C[C@H]1C(=O)N[C@@H](CC(C)C)C(=O)C[C@@H](Cc1cnc[nH]1)C(=O)N[C@@H](CO)C(=O)C[C@H](C(C)=O)C(C)OP(=O)(O)O. The standard InChI is InChI=1S/C33H55N6O14P/c1-19(2)10-26(36-33(46)28-13-24(38-47)16-39(28)31(44)6-7-52-9-8-51-5)29(42)12-22(11-23-15-34-18-35-23)32(45)37-27(17-40)30(43)14-25(20(3)41)21(4)53-54(48,49)50/h15,18-19,21-22,24-28,38,40,47H,6-14,16-17H2,1-5H3,(H,34,35)(H,36,46)(H,37,45)(H2,48,49,50)/t21?,22-,24-,25-,26+,27+,28+/m1/s1. The van der Waals surface area contributed by atoms with Gasteiger partial charge in [0.15, 0.2) is 11.6 Å². The van der Waals surface area contributed by atoms with Crippen LogP contribution < -0.4 is 16.1 Å². The number of rotatable bonds is 26. The van der Waals surface area contributed by atoms with Crippen molar-refractivity contribution in [1.29, 1.82) is 0 Å². The molecule has 1 aromatic heterocycles. The van der Waals surface area contributed by atoms with Crippen LogP contribution in [0.1, 0.15) is 65.5 Å². The predicted octanol–water partition coefficient (Wildman–Crippen LogP) is -0.801.